The Balaban J connectivity index is 2.59. The normalized spacial score (nSPS) is 11.9. The molecular formula is C15H9F4NO6S. The smallest absolute Gasteiger partial charge is 0.418 e. The first kappa shape index (κ1) is 20.2. The highest BCUT2D eigenvalue weighted by molar-refractivity contribution is 7.92. The van der Waals surface area contributed by atoms with E-state index in [0.717, 1.165) is 0 Å². The van der Waals surface area contributed by atoms with Gasteiger partial charge in [0.1, 0.15) is 5.82 Å². The molecule has 0 saturated carbocycles. The molecule has 3 N–H and O–H groups in total. The van der Waals surface area contributed by atoms with Crippen LogP contribution in [-0.4, -0.2) is 30.6 Å². The van der Waals surface area contributed by atoms with Gasteiger partial charge in [0.25, 0.3) is 10.0 Å². The lowest BCUT2D eigenvalue weighted by atomic mass is 10.1. The third-order valence-corrected chi connectivity index (χ3v) is 4.59. The molecule has 0 bridgehead atoms. The van der Waals surface area contributed by atoms with E-state index in [-0.39, 0.29) is 6.07 Å². The van der Waals surface area contributed by atoms with Crippen molar-refractivity contribution in [2.24, 2.45) is 0 Å². The number of rotatable bonds is 5. The fourth-order valence-corrected chi connectivity index (χ4v) is 3.19. The van der Waals surface area contributed by atoms with Crippen LogP contribution in [0, 0.1) is 5.82 Å². The highest BCUT2D eigenvalue weighted by Gasteiger charge is 2.35. The Morgan fingerprint density at radius 2 is 1.44 bits per heavy atom. The molecule has 0 unspecified atom stereocenters. The molecule has 0 aliphatic carbocycles. The van der Waals surface area contributed by atoms with Crippen molar-refractivity contribution >= 4 is 27.6 Å². The van der Waals surface area contributed by atoms with Crippen molar-refractivity contribution in [3.05, 3.63) is 58.9 Å². The third-order valence-electron chi connectivity index (χ3n) is 3.24. The van der Waals surface area contributed by atoms with Crippen LogP contribution < -0.4 is 4.72 Å². The van der Waals surface area contributed by atoms with E-state index < -0.39 is 61.2 Å². The van der Waals surface area contributed by atoms with Crippen LogP contribution in [0.1, 0.15) is 26.3 Å². The molecule has 0 aliphatic heterocycles. The Morgan fingerprint density at radius 3 is 1.89 bits per heavy atom. The van der Waals surface area contributed by atoms with E-state index >= 15 is 0 Å². The van der Waals surface area contributed by atoms with Gasteiger partial charge in [-0.2, -0.15) is 13.2 Å². The van der Waals surface area contributed by atoms with E-state index in [4.69, 9.17) is 10.2 Å². The van der Waals surface area contributed by atoms with Crippen LogP contribution in [0.25, 0.3) is 0 Å². The van der Waals surface area contributed by atoms with Gasteiger partial charge in [0.2, 0.25) is 0 Å². The van der Waals surface area contributed by atoms with Crippen molar-refractivity contribution < 1.29 is 45.8 Å². The van der Waals surface area contributed by atoms with Gasteiger partial charge in [-0.05, 0) is 36.4 Å². The Morgan fingerprint density at radius 1 is 0.926 bits per heavy atom. The Hall–Kier alpha value is -3.15. The number of hydrogen-bond acceptors (Lipinski definition) is 4. The lowest BCUT2D eigenvalue weighted by Gasteiger charge is -2.15. The average molecular weight is 407 g/mol. The predicted octanol–water partition coefficient (Wildman–Crippen LogP) is 3.04. The van der Waals surface area contributed by atoms with Gasteiger partial charge in [-0.3, -0.25) is 4.72 Å². The Bertz CT molecular complexity index is 1000. The van der Waals surface area contributed by atoms with E-state index in [1.807, 2.05) is 0 Å². The number of alkyl halides is 3. The van der Waals surface area contributed by atoms with E-state index in [1.54, 1.807) is 4.72 Å². The van der Waals surface area contributed by atoms with Crippen molar-refractivity contribution in [1.82, 2.24) is 0 Å². The number of benzene rings is 2. The van der Waals surface area contributed by atoms with Crippen LogP contribution in [0.3, 0.4) is 0 Å². The van der Waals surface area contributed by atoms with Crippen LogP contribution >= 0.6 is 0 Å². The molecule has 12 heteroatoms. The SMILES string of the molecule is O=C(O)c1cc(C(=O)O)cc(S(=O)(=O)Nc2ccc(F)cc2C(F)(F)F)c1. The first-order valence-corrected chi connectivity index (χ1v) is 8.31. The summed E-state index contributed by atoms with van der Waals surface area (Å²) in [5.74, 6) is -4.55. The van der Waals surface area contributed by atoms with Crippen molar-refractivity contribution in [1.29, 1.82) is 0 Å². The minimum absolute atomic E-state index is 0.0776. The largest absolute Gasteiger partial charge is 0.478 e. The van der Waals surface area contributed by atoms with Gasteiger partial charge in [-0.25, -0.2) is 22.4 Å². The van der Waals surface area contributed by atoms with Gasteiger partial charge >= 0.3 is 18.1 Å². The highest BCUT2D eigenvalue weighted by atomic mass is 32.2. The quantitative estimate of drug-likeness (QED) is 0.655. The first-order valence-electron chi connectivity index (χ1n) is 6.82. The molecule has 7 nitrogen and oxygen atoms in total. The second-order valence-electron chi connectivity index (χ2n) is 5.15. The molecule has 0 fully saturated rings. The molecule has 27 heavy (non-hydrogen) atoms. The molecule has 0 radical (unpaired) electrons. The number of carbonyl (C=O) groups is 2. The minimum atomic E-state index is -5.09. The van der Waals surface area contributed by atoms with Gasteiger partial charge in [0.15, 0.2) is 0 Å². The van der Waals surface area contributed by atoms with Crippen molar-refractivity contribution in [3.63, 3.8) is 0 Å². The number of carboxylic acid groups (broad SMARTS) is 2. The summed E-state index contributed by atoms with van der Waals surface area (Å²) in [6.45, 7) is 0. The van der Waals surface area contributed by atoms with Gasteiger partial charge in [-0.15, -0.1) is 0 Å². The van der Waals surface area contributed by atoms with Crippen LogP contribution in [0.4, 0.5) is 23.2 Å². The summed E-state index contributed by atoms with van der Waals surface area (Å²) in [5.41, 5.74) is -4.03. The lowest BCUT2D eigenvalue weighted by Crippen LogP contribution is -2.18. The molecule has 0 heterocycles. The molecule has 144 valence electrons. The zero-order valence-electron chi connectivity index (χ0n) is 12.9. The van der Waals surface area contributed by atoms with Crippen molar-refractivity contribution in [2.75, 3.05) is 4.72 Å². The summed E-state index contributed by atoms with van der Waals surface area (Å²) in [7, 11) is -4.82. The van der Waals surface area contributed by atoms with Gasteiger partial charge < -0.3 is 10.2 Å². The fraction of sp³-hybridized carbons (Fsp3) is 0.0667. The summed E-state index contributed by atoms with van der Waals surface area (Å²) < 4.78 is 78.4. The highest BCUT2D eigenvalue weighted by Crippen LogP contribution is 2.36. The third kappa shape index (κ3) is 4.53. The summed E-state index contributed by atoms with van der Waals surface area (Å²) in [4.78, 5) is 21.2. The summed E-state index contributed by atoms with van der Waals surface area (Å²) in [6.07, 6.45) is -5.09. The number of hydrogen-bond donors (Lipinski definition) is 3. The van der Waals surface area contributed by atoms with Gasteiger partial charge in [0.05, 0.1) is 27.3 Å². The second-order valence-corrected chi connectivity index (χ2v) is 6.83. The topological polar surface area (TPSA) is 121 Å². The molecule has 0 atom stereocenters. The van der Waals surface area contributed by atoms with Crippen molar-refractivity contribution in [3.8, 4) is 0 Å². The second kappa shape index (κ2) is 6.87. The van der Waals surface area contributed by atoms with E-state index in [0.29, 0.717) is 30.3 Å². The van der Waals surface area contributed by atoms with E-state index in [2.05, 4.69) is 0 Å². The summed E-state index contributed by atoms with van der Waals surface area (Å²) in [5, 5.41) is 17.9. The molecule has 2 aromatic rings. The molecule has 0 aromatic heterocycles. The van der Waals surface area contributed by atoms with Crippen LogP contribution in [-0.2, 0) is 16.2 Å². The summed E-state index contributed by atoms with van der Waals surface area (Å²) in [6, 6.07) is 3.04. The zero-order chi connectivity index (χ0) is 20.6. The molecule has 0 amide bonds. The van der Waals surface area contributed by atoms with Crippen molar-refractivity contribution in [2.45, 2.75) is 11.1 Å². The first-order chi connectivity index (χ1) is 12.3. The van der Waals surface area contributed by atoms with Gasteiger partial charge in [0, 0.05) is 0 Å². The maximum atomic E-state index is 13.1. The predicted molar refractivity (Wildman–Crippen MR) is 82.6 cm³/mol. The number of carboxylic acids is 2. The van der Waals surface area contributed by atoms with Crippen LogP contribution in [0.15, 0.2) is 41.3 Å². The molecule has 2 rings (SSSR count). The Labute approximate surface area is 148 Å². The maximum absolute atomic E-state index is 13.1. The number of nitrogens with one attached hydrogen (secondary N) is 1. The minimum Gasteiger partial charge on any atom is -0.478 e. The molecule has 0 aliphatic rings. The summed E-state index contributed by atoms with van der Waals surface area (Å²) >= 11 is 0. The Kier molecular flexibility index (Phi) is 5.13. The lowest BCUT2D eigenvalue weighted by molar-refractivity contribution is -0.137. The number of halogens is 4. The number of sulfonamides is 1. The zero-order valence-corrected chi connectivity index (χ0v) is 13.7. The molecule has 0 spiro atoms. The molecule has 0 saturated heterocycles. The van der Waals surface area contributed by atoms with E-state index in [9.17, 15) is 35.6 Å². The monoisotopic (exact) mass is 407 g/mol. The maximum Gasteiger partial charge on any atom is 0.418 e. The number of anilines is 1. The van der Waals surface area contributed by atoms with Gasteiger partial charge in [-0.1, -0.05) is 0 Å². The fourth-order valence-electron chi connectivity index (χ4n) is 2.04. The standard InChI is InChI=1S/C15H9F4NO6S/c16-9-1-2-12(11(6-9)15(17,18)19)20-27(25,26)10-4-7(13(21)22)3-8(5-10)14(23)24/h1-6,20H,(H,21,22)(H,23,24). The van der Waals surface area contributed by atoms with Crippen LogP contribution in [0.5, 0.6) is 0 Å². The van der Waals surface area contributed by atoms with E-state index in [1.165, 1.54) is 0 Å². The average Bonchev–Trinajstić information content (AvgIpc) is 2.54. The number of aromatic carboxylic acids is 2. The molecular weight excluding hydrogens is 398 g/mol. The van der Waals surface area contributed by atoms with Crippen LogP contribution in [0.2, 0.25) is 0 Å². The molecule has 2 aromatic carbocycles.